The number of carbonyl (C=O) groups is 3. The summed E-state index contributed by atoms with van der Waals surface area (Å²) in [7, 11) is 1.74. The third-order valence-corrected chi connectivity index (χ3v) is 5.58. The van der Waals surface area contributed by atoms with Crippen molar-refractivity contribution in [3.63, 3.8) is 0 Å². The number of rotatable bonds is 6. The van der Waals surface area contributed by atoms with E-state index >= 15 is 0 Å². The summed E-state index contributed by atoms with van der Waals surface area (Å²) in [6.07, 6.45) is 0. The van der Waals surface area contributed by atoms with Gasteiger partial charge in [-0.2, -0.15) is 0 Å². The molecule has 4 rings (SSSR count). The number of anilines is 2. The highest BCUT2D eigenvalue weighted by atomic mass is 16.2. The zero-order chi connectivity index (χ0) is 23.5. The quantitative estimate of drug-likeness (QED) is 0.507. The summed E-state index contributed by atoms with van der Waals surface area (Å²) in [6, 6.07) is 21.5. The Hall–Kier alpha value is -4.39. The Labute approximate surface area is 191 Å². The number of amides is 3. The van der Waals surface area contributed by atoms with Gasteiger partial charge < -0.3 is 21.3 Å². The lowest BCUT2D eigenvalue weighted by Crippen LogP contribution is -2.26. The fourth-order valence-corrected chi connectivity index (χ4v) is 3.66. The van der Waals surface area contributed by atoms with Crippen LogP contribution in [-0.4, -0.2) is 36.2 Å². The van der Waals surface area contributed by atoms with Crippen LogP contribution in [0.2, 0.25) is 0 Å². The van der Waals surface area contributed by atoms with Crippen molar-refractivity contribution in [2.45, 2.75) is 6.92 Å². The summed E-state index contributed by atoms with van der Waals surface area (Å²) in [5.41, 5.74) is 10.1. The van der Waals surface area contributed by atoms with Gasteiger partial charge in [0.15, 0.2) is 0 Å². The van der Waals surface area contributed by atoms with Crippen molar-refractivity contribution in [3.8, 4) is 0 Å². The minimum Gasteiger partial charge on any atom is -0.366 e. The highest BCUT2D eigenvalue weighted by Crippen LogP contribution is 2.38. The second-order valence-electron chi connectivity index (χ2n) is 7.72. The van der Waals surface area contributed by atoms with Crippen LogP contribution in [0.1, 0.15) is 38.8 Å². The molecule has 7 heteroatoms. The summed E-state index contributed by atoms with van der Waals surface area (Å²) in [6.45, 7) is 2.49. The topological polar surface area (TPSA) is 105 Å². The van der Waals surface area contributed by atoms with Gasteiger partial charge >= 0.3 is 0 Å². The average Bonchev–Trinajstić information content (AvgIpc) is 3.17. The zero-order valence-electron chi connectivity index (χ0n) is 18.4. The predicted octanol–water partition coefficient (Wildman–Crippen LogP) is 3.81. The van der Waals surface area contributed by atoms with Gasteiger partial charge in [-0.05, 0) is 48.9 Å². The Morgan fingerprint density at radius 3 is 2.24 bits per heavy atom. The molecule has 0 bridgehead atoms. The first-order chi connectivity index (χ1) is 15.9. The number of nitrogens with two attached hydrogens (primary N) is 1. The molecule has 1 aliphatic heterocycles. The van der Waals surface area contributed by atoms with E-state index in [0.717, 1.165) is 5.56 Å². The largest absolute Gasteiger partial charge is 0.366 e. The SMILES string of the molecule is CCN(C)C(=O)c1ccc2c(c1)NC(=O)/C2=C(\Nc1ccc(C(N)=O)cc1)c1ccccc1. The van der Waals surface area contributed by atoms with Crippen molar-refractivity contribution in [1.82, 2.24) is 4.90 Å². The zero-order valence-corrected chi connectivity index (χ0v) is 18.4. The second-order valence-corrected chi connectivity index (χ2v) is 7.72. The number of fused-ring (bicyclic) bond motifs is 1. The molecule has 33 heavy (non-hydrogen) atoms. The predicted molar refractivity (Wildman–Crippen MR) is 130 cm³/mol. The van der Waals surface area contributed by atoms with E-state index in [1.54, 1.807) is 54.4 Å². The smallest absolute Gasteiger partial charge is 0.258 e. The Balaban J connectivity index is 1.80. The molecule has 0 aliphatic carbocycles. The molecule has 0 saturated heterocycles. The third-order valence-electron chi connectivity index (χ3n) is 5.58. The van der Waals surface area contributed by atoms with Crippen LogP contribution >= 0.6 is 0 Å². The van der Waals surface area contributed by atoms with Gasteiger partial charge in [0.05, 0.1) is 11.3 Å². The van der Waals surface area contributed by atoms with E-state index in [9.17, 15) is 14.4 Å². The normalized spacial score (nSPS) is 13.7. The van der Waals surface area contributed by atoms with Crippen LogP contribution in [0.3, 0.4) is 0 Å². The van der Waals surface area contributed by atoms with Crippen LogP contribution in [0, 0.1) is 0 Å². The monoisotopic (exact) mass is 440 g/mol. The molecule has 3 aromatic carbocycles. The van der Waals surface area contributed by atoms with Crippen molar-refractivity contribution in [2.24, 2.45) is 5.73 Å². The van der Waals surface area contributed by atoms with E-state index < -0.39 is 5.91 Å². The maximum absolute atomic E-state index is 13.1. The summed E-state index contributed by atoms with van der Waals surface area (Å²) in [4.78, 5) is 38.7. The van der Waals surface area contributed by atoms with Gasteiger partial charge in [-0.3, -0.25) is 14.4 Å². The van der Waals surface area contributed by atoms with Crippen LogP contribution in [-0.2, 0) is 4.79 Å². The lowest BCUT2D eigenvalue weighted by molar-refractivity contribution is -0.110. The number of benzene rings is 3. The number of hydrogen-bond donors (Lipinski definition) is 3. The number of nitrogens with zero attached hydrogens (tertiary/aromatic N) is 1. The lowest BCUT2D eigenvalue weighted by atomic mass is 9.98. The maximum atomic E-state index is 13.1. The average molecular weight is 441 g/mol. The van der Waals surface area contributed by atoms with Crippen molar-refractivity contribution in [2.75, 3.05) is 24.2 Å². The third kappa shape index (κ3) is 4.34. The van der Waals surface area contributed by atoms with Gasteiger partial charge in [0, 0.05) is 41.7 Å². The van der Waals surface area contributed by atoms with Crippen LogP contribution < -0.4 is 16.4 Å². The van der Waals surface area contributed by atoms with E-state index in [1.165, 1.54) is 0 Å². The number of primary amides is 1. The molecule has 1 heterocycles. The summed E-state index contributed by atoms with van der Waals surface area (Å²) < 4.78 is 0. The fraction of sp³-hybridized carbons (Fsp3) is 0.115. The van der Waals surface area contributed by atoms with Gasteiger partial charge in [0.1, 0.15) is 0 Å². The molecule has 0 radical (unpaired) electrons. The molecule has 0 aromatic heterocycles. The summed E-state index contributed by atoms with van der Waals surface area (Å²) in [5.74, 6) is -0.882. The Bertz CT molecular complexity index is 1260. The molecule has 3 amide bonds. The second kappa shape index (κ2) is 9.00. The molecule has 166 valence electrons. The minimum atomic E-state index is -0.508. The molecule has 0 saturated carbocycles. The van der Waals surface area contributed by atoms with Crippen LogP contribution in [0.25, 0.3) is 11.3 Å². The minimum absolute atomic E-state index is 0.108. The first kappa shape index (κ1) is 21.8. The molecule has 3 aromatic rings. The molecule has 0 unspecified atom stereocenters. The Morgan fingerprint density at radius 1 is 0.939 bits per heavy atom. The van der Waals surface area contributed by atoms with Gasteiger partial charge in [0.2, 0.25) is 5.91 Å². The van der Waals surface area contributed by atoms with Crippen molar-refractivity contribution >= 4 is 40.4 Å². The number of hydrogen-bond acceptors (Lipinski definition) is 4. The molecule has 1 aliphatic rings. The van der Waals surface area contributed by atoms with Crippen molar-refractivity contribution < 1.29 is 14.4 Å². The summed E-state index contributed by atoms with van der Waals surface area (Å²) in [5, 5.41) is 6.22. The highest BCUT2D eigenvalue weighted by Gasteiger charge is 2.29. The molecule has 4 N–H and O–H groups in total. The highest BCUT2D eigenvalue weighted by molar-refractivity contribution is 6.37. The molecule has 0 spiro atoms. The first-order valence-electron chi connectivity index (χ1n) is 10.6. The van der Waals surface area contributed by atoms with Gasteiger partial charge in [-0.15, -0.1) is 0 Å². The number of nitrogens with one attached hydrogen (secondary N) is 2. The van der Waals surface area contributed by atoms with Crippen LogP contribution in [0.4, 0.5) is 11.4 Å². The Morgan fingerprint density at radius 2 is 1.61 bits per heavy atom. The van der Waals surface area contributed by atoms with E-state index in [4.69, 9.17) is 5.73 Å². The van der Waals surface area contributed by atoms with E-state index in [2.05, 4.69) is 10.6 Å². The standard InChI is InChI=1S/C26H24N4O3/c1-3-30(2)26(33)18-11-14-20-21(15-18)29-25(32)22(20)23(16-7-5-4-6-8-16)28-19-12-9-17(10-13-19)24(27)31/h4-15,28H,3H2,1-2H3,(H2,27,31)(H,29,32)/b23-22-. The van der Waals surface area contributed by atoms with Crippen molar-refractivity contribution in [1.29, 1.82) is 0 Å². The summed E-state index contributed by atoms with van der Waals surface area (Å²) >= 11 is 0. The number of carbonyl (C=O) groups excluding carboxylic acids is 3. The molecular formula is C26H24N4O3. The van der Waals surface area contributed by atoms with Crippen LogP contribution in [0.5, 0.6) is 0 Å². The van der Waals surface area contributed by atoms with Crippen molar-refractivity contribution in [3.05, 3.63) is 95.1 Å². The molecule has 0 atom stereocenters. The van der Waals surface area contributed by atoms with E-state index in [0.29, 0.717) is 45.9 Å². The van der Waals surface area contributed by atoms with Gasteiger partial charge in [-0.25, -0.2) is 0 Å². The first-order valence-corrected chi connectivity index (χ1v) is 10.6. The Kier molecular flexibility index (Phi) is 5.95. The lowest BCUT2D eigenvalue weighted by Gasteiger charge is -2.16. The fourth-order valence-electron chi connectivity index (χ4n) is 3.66. The van der Waals surface area contributed by atoms with Gasteiger partial charge in [-0.1, -0.05) is 36.4 Å². The molecular weight excluding hydrogens is 416 g/mol. The van der Waals surface area contributed by atoms with E-state index in [-0.39, 0.29) is 11.8 Å². The van der Waals surface area contributed by atoms with Gasteiger partial charge in [0.25, 0.3) is 11.8 Å². The molecule has 7 nitrogen and oxygen atoms in total. The van der Waals surface area contributed by atoms with E-state index in [1.807, 2.05) is 37.3 Å². The molecule has 0 fully saturated rings. The van der Waals surface area contributed by atoms with Crippen LogP contribution in [0.15, 0.2) is 72.8 Å². The maximum Gasteiger partial charge on any atom is 0.258 e.